The lowest BCUT2D eigenvalue weighted by molar-refractivity contribution is 0.383. The third kappa shape index (κ3) is 3.34. The minimum Gasteiger partial charge on any atom is -0.313 e. The minimum absolute atomic E-state index is 0.0819. The van der Waals surface area contributed by atoms with E-state index in [4.69, 9.17) is 0 Å². The zero-order valence-electron chi connectivity index (χ0n) is 11.5. The number of nitrogens with zero attached hydrogens (tertiary/aromatic N) is 1. The van der Waals surface area contributed by atoms with Gasteiger partial charge in [0.05, 0.1) is 0 Å². The highest BCUT2D eigenvalue weighted by Crippen LogP contribution is 2.22. The van der Waals surface area contributed by atoms with Crippen molar-refractivity contribution in [1.29, 1.82) is 0 Å². The van der Waals surface area contributed by atoms with Gasteiger partial charge in [0.1, 0.15) is 0 Å². The van der Waals surface area contributed by atoms with E-state index in [0.29, 0.717) is 6.54 Å². The molecule has 0 radical (unpaired) electrons. The van der Waals surface area contributed by atoms with Gasteiger partial charge in [0.25, 0.3) is 10.0 Å². The van der Waals surface area contributed by atoms with E-state index in [2.05, 4.69) is 27.2 Å². The summed E-state index contributed by atoms with van der Waals surface area (Å²) in [6.45, 7) is 5.31. The smallest absolute Gasteiger partial charge is 0.260 e. The van der Waals surface area contributed by atoms with Crippen molar-refractivity contribution in [2.75, 3.05) is 6.54 Å². The zero-order valence-corrected chi connectivity index (χ0v) is 12.3. The third-order valence-corrected chi connectivity index (χ3v) is 4.94. The Hall–Kier alpha value is -0.920. The van der Waals surface area contributed by atoms with E-state index in [9.17, 15) is 8.42 Å². The molecule has 19 heavy (non-hydrogen) atoms. The Morgan fingerprint density at radius 2 is 2.16 bits per heavy atom. The van der Waals surface area contributed by atoms with Gasteiger partial charge in [-0.3, -0.25) is 5.10 Å². The molecule has 108 valence electrons. The molecule has 1 heterocycles. The quantitative estimate of drug-likeness (QED) is 0.654. The fraction of sp³-hybridized carbons (Fsp3) is 0.750. The summed E-state index contributed by atoms with van der Waals surface area (Å²) in [4.78, 5) is 0. The number of sulfonamides is 1. The van der Waals surface area contributed by atoms with Gasteiger partial charge in [-0.05, 0) is 32.7 Å². The lowest BCUT2D eigenvalue weighted by Crippen LogP contribution is -2.40. The van der Waals surface area contributed by atoms with Gasteiger partial charge in [0.15, 0.2) is 5.03 Å². The van der Waals surface area contributed by atoms with Crippen LogP contribution < -0.4 is 10.0 Å². The predicted molar refractivity (Wildman–Crippen MR) is 73.3 cm³/mol. The second-order valence-corrected chi connectivity index (χ2v) is 6.69. The number of aromatic nitrogens is 2. The molecule has 0 spiro atoms. The largest absolute Gasteiger partial charge is 0.313 e. The van der Waals surface area contributed by atoms with Crippen LogP contribution >= 0.6 is 0 Å². The summed E-state index contributed by atoms with van der Waals surface area (Å²) in [7, 11) is -3.50. The molecule has 1 aromatic rings. The van der Waals surface area contributed by atoms with E-state index in [-0.39, 0.29) is 11.1 Å². The molecule has 7 heteroatoms. The van der Waals surface area contributed by atoms with Crippen LogP contribution in [0.25, 0.3) is 0 Å². The minimum atomic E-state index is -3.50. The first-order valence-electron chi connectivity index (χ1n) is 6.81. The molecular formula is C12H22N4O2S. The molecule has 1 fully saturated rings. The van der Waals surface area contributed by atoms with Crippen LogP contribution in [0, 0.1) is 6.92 Å². The van der Waals surface area contributed by atoms with Crippen molar-refractivity contribution in [3.63, 3.8) is 0 Å². The van der Waals surface area contributed by atoms with Gasteiger partial charge in [0.2, 0.25) is 0 Å². The van der Waals surface area contributed by atoms with Crippen LogP contribution in [0.3, 0.4) is 0 Å². The Morgan fingerprint density at radius 1 is 1.42 bits per heavy atom. The van der Waals surface area contributed by atoms with Gasteiger partial charge in [-0.25, -0.2) is 13.1 Å². The SMILES string of the molecule is CCCNCc1c(S(=O)(=O)NC2CCC2)n[nH]c1C. The van der Waals surface area contributed by atoms with Gasteiger partial charge in [-0.2, -0.15) is 5.10 Å². The molecule has 0 aliphatic heterocycles. The zero-order chi connectivity index (χ0) is 13.9. The maximum absolute atomic E-state index is 12.3. The van der Waals surface area contributed by atoms with Crippen LogP contribution in [0.1, 0.15) is 43.9 Å². The molecule has 0 saturated heterocycles. The highest BCUT2D eigenvalue weighted by molar-refractivity contribution is 7.89. The summed E-state index contributed by atoms with van der Waals surface area (Å²) in [6, 6.07) is 0.0819. The van der Waals surface area contributed by atoms with E-state index < -0.39 is 10.0 Å². The van der Waals surface area contributed by atoms with E-state index in [0.717, 1.165) is 43.5 Å². The van der Waals surface area contributed by atoms with Crippen molar-refractivity contribution in [3.8, 4) is 0 Å². The molecule has 1 saturated carbocycles. The standard InChI is InChI=1S/C12H22N4O2S/c1-3-7-13-8-11-9(2)14-15-12(11)19(17,18)16-10-5-4-6-10/h10,13,16H,3-8H2,1-2H3,(H,14,15). The van der Waals surface area contributed by atoms with Crippen molar-refractivity contribution in [1.82, 2.24) is 20.2 Å². The molecule has 3 N–H and O–H groups in total. The van der Waals surface area contributed by atoms with Crippen molar-refractivity contribution >= 4 is 10.0 Å². The van der Waals surface area contributed by atoms with E-state index in [1.807, 2.05) is 6.92 Å². The molecule has 6 nitrogen and oxygen atoms in total. The van der Waals surface area contributed by atoms with Crippen molar-refractivity contribution in [3.05, 3.63) is 11.3 Å². The van der Waals surface area contributed by atoms with Gasteiger partial charge in [0, 0.05) is 23.8 Å². The monoisotopic (exact) mass is 286 g/mol. The molecule has 2 rings (SSSR count). The molecule has 1 aliphatic carbocycles. The average Bonchev–Trinajstić information content (AvgIpc) is 2.67. The second-order valence-electron chi connectivity index (χ2n) is 5.06. The van der Waals surface area contributed by atoms with Gasteiger partial charge in [-0.15, -0.1) is 0 Å². The Balaban J connectivity index is 2.13. The Kier molecular flexibility index (Phi) is 4.59. The summed E-state index contributed by atoms with van der Waals surface area (Å²) in [6.07, 6.45) is 3.95. The maximum Gasteiger partial charge on any atom is 0.260 e. The number of hydrogen-bond donors (Lipinski definition) is 3. The Labute approximate surface area is 114 Å². The van der Waals surface area contributed by atoms with E-state index >= 15 is 0 Å². The predicted octanol–water partition coefficient (Wildman–Crippen LogP) is 1.05. The third-order valence-electron chi connectivity index (χ3n) is 3.45. The molecule has 1 aliphatic rings. The summed E-state index contributed by atoms with van der Waals surface area (Å²) in [5.41, 5.74) is 1.54. The van der Waals surface area contributed by atoms with Crippen molar-refractivity contribution in [2.45, 2.75) is 57.1 Å². The molecule has 0 atom stereocenters. The lowest BCUT2D eigenvalue weighted by Gasteiger charge is -2.25. The fourth-order valence-corrected chi connectivity index (χ4v) is 3.55. The molecule has 1 aromatic heterocycles. The summed E-state index contributed by atoms with van der Waals surface area (Å²) >= 11 is 0. The summed E-state index contributed by atoms with van der Waals surface area (Å²) in [5, 5.41) is 10.1. The van der Waals surface area contributed by atoms with Crippen LogP contribution in [0.5, 0.6) is 0 Å². The number of nitrogens with one attached hydrogen (secondary N) is 3. The van der Waals surface area contributed by atoms with Crippen molar-refractivity contribution in [2.24, 2.45) is 0 Å². The first-order valence-corrected chi connectivity index (χ1v) is 8.29. The molecule has 0 aromatic carbocycles. The first-order chi connectivity index (χ1) is 9.04. The molecule has 0 bridgehead atoms. The Morgan fingerprint density at radius 3 is 2.74 bits per heavy atom. The van der Waals surface area contributed by atoms with Crippen LogP contribution in [-0.2, 0) is 16.6 Å². The van der Waals surface area contributed by atoms with E-state index in [1.165, 1.54) is 0 Å². The molecule has 0 amide bonds. The fourth-order valence-electron chi connectivity index (χ4n) is 2.05. The van der Waals surface area contributed by atoms with Crippen LogP contribution in [0.2, 0.25) is 0 Å². The van der Waals surface area contributed by atoms with Gasteiger partial charge >= 0.3 is 0 Å². The lowest BCUT2D eigenvalue weighted by atomic mass is 9.94. The van der Waals surface area contributed by atoms with Crippen LogP contribution in [-0.4, -0.2) is 31.2 Å². The van der Waals surface area contributed by atoms with Crippen LogP contribution in [0.15, 0.2) is 5.03 Å². The average molecular weight is 286 g/mol. The highest BCUT2D eigenvalue weighted by Gasteiger charge is 2.29. The normalized spacial score (nSPS) is 16.5. The van der Waals surface area contributed by atoms with Gasteiger partial charge < -0.3 is 5.32 Å². The van der Waals surface area contributed by atoms with Gasteiger partial charge in [-0.1, -0.05) is 13.3 Å². The number of H-pyrrole nitrogens is 1. The molecular weight excluding hydrogens is 264 g/mol. The number of aromatic amines is 1. The topological polar surface area (TPSA) is 86.9 Å². The number of rotatable bonds is 7. The summed E-state index contributed by atoms with van der Waals surface area (Å²) < 4.78 is 27.3. The van der Waals surface area contributed by atoms with Crippen molar-refractivity contribution < 1.29 is 8.42 Å². The number of aryl methyl sites for hydroxylation is 1. The highest BCUT2D eigenvalue weighted by atomic mass is 32.2. The Bertz CT molecular complexity index is 520. The summed E-state index contributed by atoms with van der Waals surface area (Å²) in [5.74, 6) is 0. The van der Waals surface area contributed by atoms with Crippen LogP contribution in [0.4, 0.5) is 0 Å². The van der Waals surface area contributed by atoms with E-state index in [1.54, 1.807) is 0 Å². The number of hydrogen-bond acceptors (Lipinski definition) is 4. The first kappa shape index (κ1) is 14.5. The molecule has 0 unspecified atom stereocenters. The second kappa shape index (κ2) is 6.02. The maximum atomic E-state index is 12.3.